The predicted molar refractivity (Wildman–Crippen MR) is 137 cm³/mol. The highest BCUT2D eigenvalue weighted by molar-refractivity contribution is 9.10. The van der Waals surface area contributed by atoms with E-state index in [0.29, 0.717) is 23.2 Å². The molecule has 0 aliphatic heterocycles. The maximum atomic E-state index is 12.4. The molecule has 1 heterocycles. The molecule has 3 aromatic carbocycles. The van der Waals surface area contributed by atoms with Gasteiger partial charge in [-0.15, -0.1) is 11.3 Å². The molecule has 1 amide bonds. The van der Waals surface area contributed by atoms with Crippen LogP contribution in [0.15, 0.2) is 88.7 Å². The summed E-state index contributed by atoms with van der Waals surface area (Å²) >= 11 is 4.94. The van der Waals surface area contributed by atoms with Gasteiger partial charge in [-0.1, -0.05) is 60.7 Å². The molecule has 166 valence electrons. The zero-order valence-electron chi connectivity index (χ0n) is 17.8. The molecule has 1 N–H and O–H groups in total. The van der Waals surface area contributed by atoms with Crippen LogP contribution in [0, 0.1) is 0 Å². The first kappa shape index (κ1) is 22.8. The fourth-order valence-corrected chi connectivity index (χ4v) is 4.39. The smallest absolute Gasteiger partial charge is 0.250 e. The fraction of sp³-hybridized carbons (Fsp3) is 0.0769. The second-order valence-corrected chi connectivity index (χ2v) is 8.75. The van der Waals surface area contributed by atoms with Crippen molar-refractivity contribution in [2.75, 3.05) is 12.4 Å². The van der Waals surface area contributed by atoms with Gasteiger partial charge in [0.25, 0.3) is 0 Å². The molecule has 0 spiro atoms. The van der Waals surface area contributed by atoms with Crippen LogP contribution in [0.25, 0.3) is 17.3 Å². The summed E-state index contributed by atoms with van der Waals surface area (Å²) in [5.41, 5.74) is 3.70. The molecule has 0 aliphatic rings. The lowest BCUT2D eigenvalue weighted by Crippen LogP contribution is -2.07. The Morgan fingerprint density at radius 2 is 1.82 bits per heavy atom. The van der Waals surface area contributed by atoms with Crippen LogP contribution in [0.1, 0.15) is 11.1 Å². The van der Waals surface area contributed by atoms with Crippen LogP contribution in [0.4, 0.5) is 5.13 Å². The monoisotopic (exact) mass is 520 g/mol. The molecule has 7 heteroatoms. The van der Waals surface area contributed by atoms with E-state index >= 15 is 0 Å². The van der Waals surface area contributed by atoms with Crippen LogP contribution < -0.4 is 14.8 Å². The minimum atomic E-state index is -0.261. The molecule has 5 nitrogen and oxygen atoms in total. The standard InChI is InChI=1S/C26H21BrN2O3S/c1-31-23-15-19(14-21(27)25(23)32-16-18-8-4-2-5-9-18)12-13-24(30)29-26-28-22(17-33-26)20-10-6-3-7-11-20/h2-15,17H,16H2,1H3,(H,28,29,30)/b13-12+. The molecule has 0 fully saturated rings. The number of amides is 1. The largest absolute Gasteiger partial charge is 0.493 e. The van der Waals surface area contributed by atoms with Crippen LogP contribution in [-0.4, -0.2) is 18.0 Å². The van der Waals surface area contributed by atoms with E-state index in [1.165, 1.54) is 17.4 Å². The van der Waals surface area contributed by atoms with Gasteiger partial charge < -0.3 is 9.47 Å². The van der Waals surface area contributed by atoms with Crippen molar-refractivity contribution in [2.45, 2.75) is 6.61 Å². The second-order valence-electron chi connectivity index (χ2n) is 7.03. The molecule has 1 aromatic heterocycles. The van der Waals surface area contributed by atoms with E-state index < -0.39 is 0 Å². The number of halogens is 1. The van der Waals surface area contributed by atoms with Gasteiger partial charge in [-0.25, -0.2) is 4.98 Å². The molecule has 0 bridgehead atoms. The van der Waals surface area contributed by atoms with E-state index in [0.717, 1.165) is 26.9 Å². The Balaban J connectivity index is 1.41. The van der Waals surface area contributed by atoms with Crippen LogP contribution in [0.2, 0.25) is 0 Å². The van der Waals surface area contributed by atoms with E-state index in [4.69, 9.17) is 9.47 Å². The molecule has 0 radical (unpaired) electrons. The average molecular weight is 521 g/mol. The molecule has 0 unspecified atom stereocenters. The van der Waals surface area contributed by atoms with Gasteiger partial charge in [0.15, 0.2) is 16.6 Å². The van der Waals surface area contributed by atoms with Gasteiger partial charge in [-0.2, -0.15) is 0 Å². The van der Waals surface area contributed by atoms with Crippen molar-refractivity contribution in [1.82, 2.24) is 4.98 Å². The normalized spacial score (nSPS) is 10.8. The SMILES string of the molecule is COc1cc(/C=C/C(=O)Nc2nc(-c3ccccc3)cs2)cc(Br)c1OCc1ccccc1. The Hall–Kier alpha value is -3.42. The summed E-state index contributed by atoms with van der Waals surface area (Å²) in [5.74, 6) is 0.926. The second kappa shape index (κ2) is 10.9. The number of carbonyl (C=O) groups is 1. The Kier molecular flexibility index (Phi) is 7.55. The summed E-state index contributed by atoms with van der Waals surface area (Å²) in [5, 5.41) is 5.28. The highest BCUT2D eigenvalue weighted by Crippen LogP contribution is 2.37. The number of methoxy groups -OCH3 is 1. The summed E-state index contributed by atoms with van der Waals surface area (Å²) in [4.78, 5) is 16.9. The van der Waals surface area contributed by atoms with Crippen LogP contribution in [0.5, 0.6) is 11.5 Å². The number of nitrogens with zero attached hydrogens (tertiary/aromatic N) is 1. The van der Waals surface area contributed by atoms with Gasteiger partial charge in [-0.05, 0) is 45.3 Å². The van der Waals surface area contributed by atoms with Gasteiger partial charge in [0, 0.05) is 17.0 Å². The molecule has 0 saturated heterocycles. The third-order valence-electron chi connectivity index (χ3n) is 4.71. The lowest BCUT2D eigenvalue weighted by Gasteiger charge is -2.13. The predicted octanol–water partition coefficient (Wildman–Crippen LogP) is 6.81. The van der Waals surface area contributed by atoms with E-state index in [-0.39, 0.29) is 5.91 Å². The Labute approximate surface area is 204 Å². The molecule has 0 saturated carbocycles. The molecular formula is C26H21BrN2O3S. The highest BCUT2D eigenvalue weighted by Gasteiger charge is 2.12. The van der Waals surface area contributed by atoms with Crippen molar-refractivity contribution in [3.63, 3.8) is 0 Å². The summed E-state index contributed by atoms with van der Waals surface area (Å²) in [6.07, 6.45) is 3.19. The topological polar surface area (TPSA) is 60.5 Å². The Morgan fingerprint density at radius 3 is 2.55 bits per heavy atom. The lowest BCUT2D eigenvalue weighted by molar-refractivity contribution is -0.111. The molecule has 4 rings (SSSR count). The third-order valence-corrected chi connectivity index (χ3v) is 6.06. The van der Waals surface area contributed by atoms with Gasteiger partial charge in [0.2, 0.25) is 5.91 Å². The number of carbonyl (C=O) groups excluding carboxylic acids is 1. The van der Waals surface area contributed by atoms with E-state index in [2.05, 4.69) is 26.2 Å². The van der Waals surface area contributed by atoms with Gasteiger partial charge in [-0.3, -0.25) is 10.1 Å². The molecule has 4 aromatic rings. The Morgan fingerprint density at radius 1 is 1.09 bits per heavy atom. The zero-order chi connectivity index (χ0) is 23.0. The first-order chi connectivity index (χ1) is 16.1. The average Bonchev–Trinajstić information content (AvgIpc) is 3.31. The van der Waals surface area contributed by atoms with Crippen LogP contribution >= 0.6 is 27.3 Å². The van der Waals surface area contributed by atoms with Gasteiger partial charge in [0.1, 0.15) is 6.61 Å². The Bertz CT molecular complexity index is 1260. The first-order valence-electron chi connectivity index (χ1n) is 10.2. The first-order valence-corrected chi connectivity index (χ1v) is 11.8. The summed E-state index contributed by atoms with van der Waals surface area (Å²) < 4.78 is 12.2. The van der Waals surface area contributed by atoms with Gasteiger partial charge >= 0.3 is 0 Å². The lowest BCUT2D eigenvalue weighted by atomic mass is 10.2. The molecular weight excluding hydrogens is 500 g/mol. The van der Waals surface area contributed by atoms with Crippen molar-refractivity contribution in [2.24, 2.45) is 0 Å². The van der Waals surface area contributed by atoms with E-state index in [1.807, 2.05) is 78.2 Å². The molecule has 0 atom stereocenters. The number of rotatable bonds is 8. The number of benzene rings is 3. The summed E-state index contributed by atoms with van der Waals surface area (Å²) in [6, 6.07) is 23.5. The van der Waals surface area contributed by atoms with Crippen LogP contribution in [0.3, 0.4) is 0 Å². The number of hydrogen-bond donors (Lipinski definition) is 1. The van der Waals surface area contributed by atoms with Crippen molar-refractivity contribution in [1.29, 1.82) is 0 Å². The van der Waals surface area contributed by atoms with Crippen molar-refractivity contribution >= 4 is 44.4 Å². The fourth-order valence-electron chi connectivity index (χ4n) is 3.10. The van der Waals surface area contributed by atoms with Gasteiger partial charge in [0.05, 0.1) is 17.3 Å². The highest BCUT2D eigenvalue weighted by atomic mass is 79.9. The van der Waals surface area contributed by atoms with E-state index in [1.54, 1.807) is 13.2 Å². The molecule has 33 heavy (non-hydrogen) atoms. The maximum absolute atomic E-state index is 12.4. The van der Waals surface area contributed by atoms with Crippen molar-refractivity contribution in [3.8, 4) is 22.8 Å². The van der Waals surface area contributed by atoms with E-state index in [9.17, 15) is 4.79 Å². The van der Waals surface area contributed by atoms with Crippen molar-refractivity contribution < 1.29 is 14.3 Å². The third kappa shape index (κ3) is 6.09. The summed E-state index contributed by atoms with van der Waals surface area (Å²) in [7, 11) is 1.59. The number of thiazole rings is 1. The number of nitrogens with one attached hydrogen (secondary N) is 1. The number of hydrogen-bond acceptors (Lipinski definition) is 5. The number of ether oxygens (including phenoxy) is 2. The van der Waals surface area contributed by atoms with Crippen LogP contribution in [-0.2, 0) is 11.4 Å². The minimum absolute atomic E-state index is 0.261. The zero-order valence-corrected chi connectivity index (χ0v) is 20.2. The number of anilines is 1. The number of aromatic nitrogens is 1. The maximum Gasteiger partial charge on any atom is 0.250 e. The summed E-state index contributed by atoms with van der Waals surface area (Å²) in [6.45, 7) is 0.423. The van der Waals surface area contributed by atoms with Crippen molar-refractivity contribution in [3.05, 3.63) is 99.9 Å². The quantitative estimate of drug-likeness (QED) is 0.259. The molecule has 0 aliphatic carbocycles. The minimum Gasteiger partial charge on any atom is -0.493 e.